The lowest BCUT2D eigenvalue weighted by molar-refractivity contribution is -0.128. The van der Waals surface area contributed by atoms with Crippen molar-refractivity contribution in [3.63, 3.8) is 0 Å². The minimum absolute atomic E-state index is 0.112. The van der Waals surface area contributed by atoms with Crippen LogP contribution in [0.5, 0.6) is 5.88 Å². The molecule has 1 aromatic heterocycles. The van der Waals surface area contributed by atoms with Crippen LogP contribution in [0, 0.1) is 29.6 Å². The number of nitriles is 2. The van der Waals surface area contributed by atoms with E-state index < -0.39 is 5.92 Å². The number of ether oxygens (including phenoxy) is 1. The first-order valence-electron chi connectivity index (χ1n) is 15.7. The number of pyridine rings is 1. The van der Waals surface area contributed by atoms with Gasteiger partial charge in [0.15, 0.2) is 0 Å². The van der Waals surface area contributed by atoms with Crippen LogP contribution in [0.4, 0.5) is 20.2 Å². The van der Waals surface area contributed by atoms with Crippen LogP contribution < -0.4 is 14.5 Å². The van der Waals surface area contributed by atoms with Crippen LogP contribution in [0.15, 0.2) is 49.1 Å². The molecule has 9 nitrogen and oxygen atoms in total. The standard InChI is InChI=1S/C35H37F2N7O2/c1-3-31(45)44-17-16-43(21-26(44)10-13-38)33-27-11-14-42(30-9-5-8-25-7-4-6-24(2)32(25)30)22-29(27)40-34(28(33)20-39)46-19-18-41-15-12-35(36,37)23-41/h3-9,26H,1,10-12,14-19,21-23H2,2H3. The van der Waals surface area contributed by atoms with Gasteiger partial charge in [0.1, 0.15) is 18.2 Å². The van der Waals surface area contributed by atoms with E-state index in [1.54, 1.807) is 9.80 Å². The Morgan fingerprint density at radius 1 is 1.15 bits per heavy atom. The Hall–Kier alpha value is -4.74. The lowest BCUT2D eigenvalue weighted by Gasteiger charge is -2.43. The summed E-state index contributed by atoms with van der Waals surface area (Å²) in [6, 6.07) is 16.7. The van der Waals surface area contributed by atoms with Crippen molar-refractivity contribution in [1.82, 2.24) is 14.8 Å². The molecule has 6 rings (SSSR count). The number of rotatable bonds is 8. The van der Waals surface area contributed by atoms with E-state index in [1.165, 1.54) is 17.0 Å². The molecule has 2 fully saturated rings. The molecule has 0 N–H and O–H groups in total. The molecule has 3 aliphatic heterocycles. The summed E-state index contributed by atoms with van der Waals surface area (Å²) in [7, 11) is 0. The number of aromatic nitrogens is 1. The molecule has 3 aromatic rings. The predicted molar refractivity (Wildman–Crippen MR) is 172 cm³/mol. The predicted octanol–water partition coefficient (Wildman–Crippen LogP) is 4.81. The topological polar surface area (TPSA) is 99.7 Å². The van der Waals surface area contributed by atoms with Gasteiger partial charge in [-0.3, -0.25) is 9.69 Å². The molecule has 4 heterocycles. The molecule has 0 bridgehead atoms. The Morgan fingerprint density at radius 2 is 1.96 bits per heavy atom. The number of alkyl halides is 2. The van der Waals surface area contributed by atoms with Crippen molar-refractivity contribution in [2.24, 2.45) is 0 Å². The Bertz CT molecular complexity index is 1740. The van der Waals surface area contributed by atoms with Crippen molar-refractivity contribution in [3.05, 3.63) is 71.4 Å². The van der Waals surface area contributed by atoms with Crippen LogP contribution >= 0.6 is 0 Å². The number of hydrogen-bond acceptors (Lipinski definition) is 8. The molecule has 0 spiro atoms. The number of amides is 1. The van der Waals surface area contributed by atoms with Crippen molar-refractivity contribution >= 4 is 28.1 Å². The normalized spacial score (nSPS) is 19.4. The highest BCUT2D eigenvalue weighted by Crippen LogP contribution is 2.40. The smallest absolute Gasteiger partial charge is 0.261 e. The SMILES string of the molecule is C=CC(=O)N1CCN(c2c(C#N)c(OCCN3CCC(F)(F)C3)nc3c2CCN(c2cccc4cccc(C)c24)C3)CC1CC#N. The number of piperazine rings is 1. The molecule has 0 aliphatic carbocycles. The van der Waals surface area contributed by atoms with E-state index >= 15 is 0 Å². The minimum Gasteiger partial charge on any atom is -0.475 e. The highest BCUT2D eigenvalue weighted by molar-refractivity contribution is 5.97. The molecular formula is C35H37F2N7O2. The number of aryl methyl sites for hydroxylation is 1. The zero-order valence-corrected chi connectivity index (χ0v) is 26.0. The van der Waals surface area contributed by atoms with E-state index in [4.69, 9.17) is 9.72 Å². The summed E-state index contributed by atoms with van der Waals surface area (Å²) < 4.78 is 33.7. The Balaban J connectivity index is 1.37. The number of anilines is 2. The van der Waals surface area contributed by atoms with Crippen LogP contribution in [0.1, 0.15) is 35.2 Å². The summed E-state index contributed by atoms with van der Waals surface area (Å²) in [5, 5.41) is 22.4. The number of fused-ring (bicyclic) bond motifs is 2. The summed E-state index contributed by atoms with van der Waals surface area (Å²) in [6.07, 6.45) is 1.86. The molecule has 2 saturated heterocycles. The molecule has 238 valence electrons. The highest BCUT2D eigenvalue weighted by Gasteiger charge is 2.38. The molecule has 0 radical (unpaired) electrons. The second-order valence-corrected chi connectivity index (χ2v) is 12.2. The number of halogens is 2. The highest BCUT2D eigenvalue weighted by atomic mass is 19.3. The van der Waals surface area contributed by atoms with Gasteiger partial charge >= 0.3 is 0 Å². The van der Waals surface area contributed by atoms with Crippen LogP contribution in [-0.4, -0.2) is 85.1 Å². The van der Waals surface area contributed by atoms with E-state index in [0.717, 1.165) is 28.0 Å². The van der Waals surface area contributed by atoms with Gasteiger partial charge in [0.25, 0.3) is 5.92 Å². The summed E-state index contributed by atoms with van der Waals surface area (Å²) in [5.74, 6) is -2.75. The van der Waals surface area contributed by atoms with Gasteiger partial charge in [-0.25, -0.2) is 13.8 Å². The summed E-state index contributed by atoms with van der Waals surface area (Å²) in [4.78, 5) is 25.2. The van der Waals surface area contributed by atoms with Crippen molar-refractivity contribution < 1.29 is 18.3 Å². The van der Waals surface area contributed by atoms with Crippen molar-refractivity contribution in [3.8, 4) is 18.0 Å². The lowest BCUT2D eigenvalue weighted by atomic mass is 9.95. The number of nitrogens with zero attached hydrogens (tertiary/aromatic N) is 7. The molecule has 1 unspecified atom stereocenters. The maximum atomic E-state index is 13.8. The van der Waals surface area contributed by atoms with Crippen molar-refractivity contribution in [2.45, 2.75) is 44.7 Å². The number of carbonyl (C=O) groups excluding carboxylic acids is 1. The van der Waals surface area contributed by atoms with Crippen molar-refractivity contribution in [2.75, 3.05) is 62.2 Å². The zero-order chi connectivity index (χ0) is 32.4. The van der Waals surface area contributed by atoms with Crippen LogP contribution in [0.25, 0.3) is 10.8 Å². The van der Waals surface area contributed by atoms with Crippen LogP contribution in [0.3, 0.4) is 0 Å². The zero-order valence-electron chi connectivity index (χ0n) is 26.0. The maximum Gasteiger partial charge on any atom is 0.261 e. The Labute approximate surface area is 267 Å². The lowest BCUT2D eigenvalue weighted by Crippen LogP contribution is -2.55. The second kappa shape index (κ2) is 12.9. The van der Waals surface area contributed by atoms with Gasteiger partial charge in [-0.15, -0.1) is 0 Å². The van der Waals surface area contributed by atoms with E-state index in [-0.39, 0.29) is 50.4 Å². The van der Waals surface area contributed by atoms with E-state index in [2.05, 4.69) is 71.8 Å². The number of benzene rings is 2. The molecule has 3 aliphatic rings. The van der Waals surface area contributed by atoms with Gasteiger partial charge in [0.05, 0.1) is 43.0 Å². The molecule has 0 saturated carbocycles. The monoisotopic (exact) mass is 625 g/mol. The maximum absolute atomic E-state index is 13.8. The van der Waals surface area contributed by atoms with Gasteiger partial charge < -0.3 is 19.4 Å². The summed E-state index contributed by atoms with van der Waals surface area (Å²) in [6.45, 7) is 8.52. The third kappa shape index (κ3) is 6.08. The molecule has 11 heteroatoms. The number of likely N-dealkylation sites (tertiary alicyclic amines) is 1. The fraction of sp³-hybridized carbons (Fsp3) is 0.429. The minimum atomic E-state index is -2.70. The van der Waals surface area contributed by atoms with Gasteiger partial charge in [-0.2, -0.15) is 10.5 Å². The van der Waals surface area contributed by atoms with E-state index in [9.17, 15) is 24.1 Å². The molecular weight excluding hydrogens is 588 g/mol. The average molecular weight is 626 g/mol. The Kier molecular flexibility index (Phi) is 8.79. The van der Waals surface area contributed by atoms with E-state index in [1.807, 2.05) is 0 Å². The fourth-order valence-corrected chi connectivity index (χ4v) is 7.08. The summed E-state index contributed by atoms with van der Waals surface area (Å²) in [5.41, 5.74) is 5.04. The fourth-order valence-electron chi connectivity index (χ4n) is 7.08. The molecule has 2 aromatic carbocycles. The largest absolute Gasteiger partial charge is 0.475 e. The van der Waals surface area contributed by atoms with E-state index in [0.29, 0.717) is 51.3 Å². The van der Waals surface area contributed by atoms with Gasteiger partial charge in [0.2, 0.25) is 11.8 Å². The van der Waals surface area contributed by atoms with Gasteiger partial charge in [-0.05, 0) is 36.4 Å². The van der Waals surface area contributed by atoms with Crippen LogP contribution in [-0.2, 0) is 17.8 Å². The Morgan fingerprint density at radius 3 is 2.67 bits per heavy atom. The van der Waals surface area contributed by atoms with Crippen molar-refractivity contribution in [1.29, 1.82) is 10.5 Å². The first kappa shape index (κ1) is 31.3. The number of hydrogen-bond donors (Lipinski definition) is 0. The van der Waals surface area contributed by atoms with Gasteiger partial charge in [0, 0.05) is 62.3 Å². The third-order valence-electron chi connectivity index (χ3n) is 9.32. The molecule has 1 amide bonds. The first-order valence-corrected chi connectivity index (χ1v) is 15.7. The first-order chi connectivity index (χ1) is 22.2. The van der Waals surface area contributed by atoms with Gasteiger partial charge in [-0.1, -0.05) is 36.9 Å². The third-order valence-corrected chi connectivity index (χ3v) is 9.32. The second-order valence-electron chi connectivity index (χ2n) is 12.2. The summed E-state index contributed by atoms with van der Waals surface area (Å²) >= 11 is 0. The quantitative estimate of drug-likeness (QED) is 0.329. The number of carbonyl (C=O) groups is 1. The average Bonchev–Trinajstić information content (AvgIpc) is 3.41. The molecule has 46 heavy (non-hydrogen) atoms. The molecule has 1 atom stereocenters. The van der Waals surface area contributed by atoms with Crippen LogP contribution in [0.2, 0.25) is 0 Å².